The molecule has 1 aliphatic rings. The van der Waals surface area contributed by atoms with Crippen LogP contribution >= 0.6 is 31.9 Å². The van der Waals surface area contributed by atoms with Crippen molar-refractivity contribution in [1.82, 2.24) is 9.47 Å². The van der Waals surface area contributed by atoms with Gasteiger partial charge in [0.05, 0.1) is 28.9 Å². The van der Waals surface area contributed by atoms with Crippen LogP contribution < -0.4 is 0 Å². The molecule has 0 radical (unpaired) electrons. The predicted octanol–water partition coefficient (Wildman–Crippen LogP) is 9.34. The van der Waals surface area contributed by atoms with E-state index in [1.54, 1.807) is 24.3 Å². The molecule has 5 aromatic rings. The van der Waals surface area contributed by atoms with Gasteiger partial charge < -0.3 is 14.0 Å². The van der Waals surface area contributed by atoms with Gasteiger partial charge in [0.1, 0.15) is 0 Å². The molecule has 9 heteroatoms. The molecule has 4 aromatic carbocycles. The van der Waals surface area contributed by atoms with Gasteiger partial charge in [-0.1, -0.05) is 77.8 Å². The van der Waals surface area contributed by atoms with E-state index in [1.165, 1.54) is 4.90 Å². The second-order valence-electron chi connectivity index (χ2n) is 10.4. The van der Waals surface area contributed by atoms with Crippen molar-refractivity contribution >= 4 is 83.3 Å². The van der Waals surface area contributed by atoms with Crippen LogP contribution in [0, 0.1) is 0 Å². The van der Waals surface area contributed by atoms with Gasteiger partial charge in [-0.25, -0.2) is 4.79 Å². The van der Waals surface area contributed by atoms with Gasteiger partial charge in [-0.15, -0.1) is 6.58 Å². The third-order valence-corrected chi connectivity index (χ3v) is 8.46. The molecule has 1 amide bonds. The van der Waals surface area contributed by atoms with E-state index in [4.69, 9.17) is 9.47 Å². The quantitative estimate of drug-likeness (QED) is 0.0657. The zero-order valence-corrected chi connectivity index (χ0v) is 27.7. The van der Waals surface area contributed by atoms with E-state index in [-0.39, 0.29) is 29.8 Å². The zero-order valence-electron chi connectivity index (χ0n) is 24.5. The van der Waals surface area contributed by atoms with Gasteiger partial charge in [-0.2, -0.15) is 4.99 Å². The molecule has 0 spiro atoms. The van der Waals surface area contributed by atoms with Crippen LogP contribution in [-0.2, 0) is 14.3 Å². The highest BCUT2D eigenvalue weighted by molar-refractivity contribution is 9.11. The van der Waals surface area contributed by atoms with Crippen LogP contribution in [0.2, 0.25) is 0 Å². The summed E-state index contributed by atoms with van der Waals surface area (Å²) in [4.78, 5) is 32.6. The van der Waals surface area contributed by atoms with Crippen molar-refractivity contribution < 1.29 is 19.1 Å². The molecule has 0 saturated carbocycles. The van der Waals surface area contributed by atoms with Crippen molar-refractivity contribution in [3.05, 3.63) is 123 Å². The summed E-state index contributed by atoms with van der Waals surface area (Å²) < 4.78 is 15.0. The van der Waals surface area contributed by atoms with Crippen LogP contribution in [0.4, 0.5) is 5.69 Å². The Kier molecular flexibility index (Phi) is 9.00. The Morgan fingerprint density at radius 2 is 1.73 bits per heavy atom. The van der Waals surface area contributed by atoms with Crippen molar-refractivity contribution in [2.45, 2.75) is 19.8 Å². The molecule has 0 N–H and O–H groups in total. The van der Waals surface area contributed by atoms with Crippen LogP contribution in [0.3, 0.4) is 0 Å². The lowest BCUT2D eigenvalue weighted by molar-refractivity contribution is -0.122. The number of benzene rings is 4. The van der Waals surface area contributed by atoms with Crippen molar-refractivity contribution in [3.63, 3.8) is 0 Å². The highest BCUT2D eigenvalue weighted by Gasteiger charge is 2.35. The summed E-state index contributed by atoms with van der Waals surface area (Å²) in [7, 11) is 0. The molecule has 1 saturated heterocycles. The van der Waals surface area contributed by atoms with Crippen molar-refractivity contribution in [3.8, 4) is 5.69 Å². The van der Waals surface area contributed by atoms with Gasteiger partial charge >= 0.3 is 12.0 Å². The number of hydrogen-bond acceptors (Lipinski definition) is 5. The molecule has 0 unspecified atom stereocenters. The highest BCUT2D eigenvalue weighted by Crippen LogP contribution is 2.36. The van der Waals surface area contributed by atoms with Gasteiger partial charge in [0, 0.05) is 32.0 Å². The maximum atomic E-state index is 13.6. The molecule has 0 atom stereocenters. The lowest BCUT2D eigenvalue weighted by atomic mass is 10.1. The molecular weight excluding hydrogens is 698 g/mol. The Morgan fingerprint density at radius 1 is 0.978 bits per heavy atom. The largest absolute Gasteiger partial charge is 0.462 e. The SMILES string of the molecule is C=CCN1C(=O)C(=Cc2ccc3c(c2)c2ccccc2n3-c2ccccc2)OC1=Nc1c(Br)cc(Br)cc1C(=O)OCCCC. The lowest BCUT2D eigenvalue weighted by Crippen LogP contribution is -2.29. The summed E-state index contributed by atoms with van der Waals surface area (Å²) in [6, 6.07) is 28.0. The fourth-order valence-corrected chi connectivity index (χ4v) is 6.60. The number of carbonyl (C=O) groups excluding carboxylic acids is 2. The first-order chi connectivity index (χ1) is 21.9. The van der Waals surface area contributed by atoms with Gasteiger partial charge in [-0.3, -0.25) is 9.69 Å². The molecule has 6 rings (SSSR count). The maximum Gasteiger partial charge on any atom is 0.340 e. The molecule has 7 nitrogen and oxygen atoms in total. The second-order valence-corrected chi connectivity index (χ2v) is 12.2. The van der Waals surface area contributed by atoms with Crippen molar-refractivity contribution in [2.75, 3.05) is 13.2 Å². The summed E-state index contributed by atoms with van der Waals surface area (Å²) >= 11 is 6.96. The zero-order chi connectivity index (χ0) is 31.5. The van der Waals surface area contributed by atoms with Gasteiger partial charge in [0.25, 0.3) is 5.91 Å². The molecule has 2 heterocycles. The number of rotatable bonds is 9. The number of ether oxygens (including phenoxy) is 2. The second kappa shape index (κ2) is 13.3. The number of carbonyl (C=O) groups is 2. The van der Waals surface area contributed by atoms with E-state index in [2.05, 4.69) is 84.4 Å². The fraction of sp³-hybridized carbons (Fsp3) is 0.139. The van der Waals surface area contributed by atoms with E-state index >= 15 is 0 Å². The first kappa shape index (κ1) is 30.6. The van der Waals surface area contributed by atoms with Crippen molar-refractivity contribution in [2.24, 2.45) is 4.99 Å². The molecule has 0 aliphatic carbocycles. The monoisotopic (exact) mass is 725 g/mol. The molecule has 1 aromatic heterocycles. The number of esters is 1. The summed E-state index contributed by atoms with van der Waals surface area (Å²) in [6.07, 6.45) is 4.96. The Hall–Kier alpha value is -4.47. The topological polar surface area (TPSA) is 73.1 Å². The lowest BCUT2D eigenvalue weighted by Gasteiger charge is -2.13. The standard InChI is InChI=1S/C36H29Br2N3O4/c1-3-5-18-44-35(43)28-21-24(37)22-29(38)33(28)39-36-40(17-4-2)34(42)32(45-36)20-23-15-16-31-27(19-23)26-13-9-10-14-30(26)41(31)25-11-7-6-8-12-25/h4,6-16,19-22H,2-3,5,17-18H2,1H3. The number of halogens is 2. The molecule has 1 aliphatic heterocycles. The predicted molar refractivity (Wildman–Crippen MR) is 186 cm³/mol. The number of amides is 1. The number of amidine groups is 1. The number of nitrogens with zero attached hydrogens (tertiary/aromatic N) is 3. The minimum absolute atomic E-state index is 0.0403. The van der Waals surface area contributed by atoms with Crippen LogP contribution in [0.1, 0.15) is 35.7 Å². The third-order valence-electron chi connectivity index (χ3n) is 7.40. The average molecular weight is 727 g/mol. The first-order valence-electron chi connectivity index (χ1n) is 14.6. The Balaban J connectivity index is 1.40. The van der Waals surface area contributed by atoms with Gasteiger partial charge in [0.2, 0.25) is 0 Å². The van der Waals surface area contributed by atoms with E-state index in [9.17, 15) is 9.59 Å². The molecule has 0 bridgehead atoms. The summed E-state index contributed by atoms with van der Waals surface area (Å²) in [5.41, 5.74) is 4.55. The van der Waals surface area contributed by atoms with E-state index < -0.39 is 5.97 Å². The van der Waals surface area contributed by atoms with Crippen LogP contribution in [0.25, 0.3) is 33.6 Å². The summed E-state index contributed by atoms with van der Waals surface area (Å²) in [5.74, 6) is -0.758. The Morgan fingerprint density at radius 3 is 2.51 bits per heavy atom. The number of aromatic nitrogens is 1. The average Bonchev–Trinajstić information content (AvgIpc) is 3.52. The molecule has 226 valence electrons. The van der Waals surface area contributed by atoms with E-state index in [0.717, 1.165) is 45.9 Å². The number of aliphatic imine (C=N–C) groups is 1. The maximum absolute atomic E-state index is 13.6. The Labute approximate surface area is 277 Å². The smallest absolute Gasteiger partial charge is 0.340 e. The number of hydrogen-bond donors (Lipinski definition) is 0. The number of unbranched alkanes of at least 4 members (excludes halogenated alkanes) is 1. The van der Waals surface area contributed by atoms with Gasteiger partial charge in [0.15, 0.2) is 5.76 Å². The Bertz CT molecular complexity index is 2010. The van der Waals surface area contributed by atoms with Crippen LogP contribution in [-0.4, -0.2) is 40.5 Å². The first-order valence-corrected chi connectivity index (χ1v) is 16.1. The third kappa shape index (κ3) is 6.10. The minimum atomic E-state index is -0.511. The molecule has 1 fully saturated rings. The number of para-hydroxylation sites is 2. The summed E-state index contributed by atoms with van der Waals surface area (Å²) in [6.45, 7) is 6.29. The van der Waals surface area contributed by atoms with E-state index in [0.29, 0.717) is 21.2 Å². The van der Waals surface area contributed by atoms with Crippen molar-refractivity contribution in [1.29, 1.82) is 0 Å². The summed E-state index contributed by atoms with van der Waals surface area (Å²) in [5, 5.41) is 2.15. The minimum Gasteiger partial charge on any atom is -0.462 e. The van der Waals surface area contributed by atoms with Gasteiger partial charge in [-0.05, 0) is 76.5 Å². The highest BCUT2D eigenvalue weighted by atomic mass is 79.9. The molecular formula is C36H29Br2N3O4. The molecule has 45 heavy (non-hydrogen) atoms. The normalized spacial score (nSPS) is 14.9. The number of fused-ring (bicyclic) bond motifs is 3. The fourth-order valence-electron chi connectivity index (χ4n) is 5.29. The van der Waals surface area contributed by atoms with Crippen LogP contribution in [0.5, 0.6) is 0 Å². The van der Waals surface area contributed by atoms with Crippen LogP contribution in [0.15, 0.2) is 117 Å². The van der Waals surface area contributed by atoms with E-state index in [1.807, 2.05) is 43.3 Å².